The molecule has 2 amide bonds. The van der Waals surface area contributed by atoms with Crippen LogP contribution >= 0.6 is 0 Å². The molecule has 1 aliphatic heterocycles. The largest absolute Gasteiger partial charge is 0.493 e. The summed E-state index contributed by atoms with van der Waals surface area (Å²) in [6, 6.07) is 5.54. The number of methoxy groups -OCH3 is 1. The van der Waals surface area contributed by atoms with Crippen LogP contribution in [-0.2, 0) is 9.59 Å². The first kappa shape index (κ1) is 20.8. The van der Waals surface area contributed by atoms with Crippen LogP contribution in [0.25, 0.3) is 6.08 Å². The molecule has 1 aromatic rings. The van der Waals surface area contributed by atoms with E-state index in [1.807, 2.05) is 36.9 Å². The summed E-state index contributed by atoms with van der Waals surface area (Å²) in [7, 11) is 1.59. The summed E-state index contributed by atoms with van der Waals surface area (Å²) in [6.45, 7) is 5.72. The minimum atomic E-state index is -0.182. The number of likely N-dealkylation sites (tertiary alicyclic amines) is 1. The Kier molecular flexibility index (Phi) is 8.17. The van der Waals surface area contributed by atoms with Gasteiger partial charge in [0.25, 0.3) is 0 Å². The molecule has 0 bridgehead atoms. The quantitative estimate of drug-likeness (QED) is 0.710. The maximum atomic E-state index is 12.0. The number of carbonyl (C=O) groups excluding carboxylic acids is 2. The van der Waals surface area contributed by atoms with Gasteiger partial charge in [-0.05, 0) is 50.5 Å². The molecule has 6 heteroatoms. The number of hydrogen-bond acceptors (Lipinski definition) is 4. The zero-order valence-electron chi connectivity index (χ0n) is 16.5. The average molecular weight is 374 g/mol. The van der Waals surface area contributed by atoms with Crippen LogP contribution in [0, 0.1) is 0 Å². The molecule has 148 valence electrons. The first-order valence-electron chi connectivity index (χ1n) is 9.58. The summed E-state index contributed by atoms with van der Waals surface area (Å²) in [6.07, 6.45) is 7.00. The van der Waals surface area contributed by atoms with E-state index in [-0.39, 0.29) is 17.9 Å². The van der Waals surface area contributed by atoms with Gasteiger partial charge in [0.2, 0.25) is 11.8 Å². The van der Waals surface area contributed by atoms with Crippen molar-refractivity contribution in [3.63, 3.8) is 0 Å². The topological polar surface area (TPSA) is 67.9 Å². The minimum Gasteiger partial charge on any atom is -0.493 e. The van der Waals surface area contributed by atoms with Gasteiger partial charge >= 0.3 is 0 Å². The number of amides is 2. The lowest BCUT2D eigenvalue weighted by Crippen LogP contribution is -2.37. The van der Waals surface area contributed by atoms with Crippen molar-refractivity contribution in [2.24, 2.45) is 0 Å². The first-order valence-corrected chi connectivity index (χ1v) is 9.58. The molecule has 1 saturated heterocycles. The monoisotopic (exact) mass is 374 g/mol. The molecule has 0 unspecified atom stereocenters. The molecule has 6 nitrogen and oxygen atoms in total. The van der Waals surface area contributed by atoms with Crippen molar-refractivity contribution in [2.75, 3.05) is 26.7 Å². The Labute approximate surface area is 161 Å². The van der Waals surface area contributed by atoms with Gasteiger partial charge in [0.1, 0.15) is 0 Å². The summed E-state index contributed by atoms with van der Waals surface area (Å²) in [5.74, 6) is 1.31. The highest BCUT2D eigenvalue weighted by Gasteiger charge is 2.15. The molecule has 0 aromatic heterocycles. The van der Waals surface area contributed by atoms with Crippen molar-refractivity contribution in [1.82, 2.24) is 10.2 Å². The summed E-state index contributed by atoms with van der Waals surface area (Å²) in [5, 5.41) is 2.83. The molecule has 0 aliphatic carbocycles. The van der Waals surface area contributed by atoms with E-state index in [2.05, 4.69) is 5.32 Å². The molecule has 2 rings (SSSR count). The Morgan fingerprint density at radius 3 is 2.81 bits per heavy atom. The van der Waals surface area contributed by atoms with Gasteiger partial charge in [0.15, 0.2) is 11.5 Å². The van der Waals surface area contributed by atoms with Gasteiger partial charge in [-0.25, -0.2) is 0 Å². The normalized spacial score (nSPS) is 15.1. The molecule has 0 atom stereocenters. The van der Waals surface area contributed by atoms with Gasteiger partial charge in [-0.2, -0.15) is 0 Å². The van der Waals surface area contributed by atoms with E-state index in [0.717, 1.165) is 31.4 Å². The lowest BCUT2D eigenvalue weighted by atomic mass is 10.2. The molecule has 0 saturated carbocycles. The van der Waals surface area contributed by atoms with Crippen molar-refractivity contribution in [3.8, 4) is 11.5 Å². The fraction of sp³-hybridized carbons (Fsp3) is 0.524. The van der Waals surface area contributed by atoms with Gasteiger partial charge in [-0.3, -0.25) is 9.59 Å². The van der Waals surface area contributed by atoms with E-state index >= 15 is 0 Å². The van der Waals surface area contributed by atoms with E-state index < -0.39 is 0 Å². The van der Waals surface area contributed by atoms with Gasteiger partial charge in [0, 0.05) is 32.1 Å². The highest BCUT2D eigenvalue weighted by Crippen LogP contribution is 2.29. The second-order valence-electron chi connectivity index (χ2n) is 6.89. The summed E-state index contributed by atoms with van der Waals surface area (Å²) >= 11 is 0. The smallest absolute Gasteiger partial charge is 0.244 e. The van der Waals surface area contributed by atoms with Crippen molar-refractivity contribution in [2.45, 2.75) is 45.6 Å². The third-order valence-corrected chi connectivity index (χ3v) is 4.33. The highest BCUT2D eigenvalue weighted by atomic mass is 16.5. The van der Waals surface area contributed by atoms with E-state index in [4.69, 9.17) is 9.47 Å². The SMILES string of the molecule is COc1cc(/C=C/C(=O)NCCN2CCCCCC2=O)ccc1OC(C)C. The Bertz CT molecular complexity index is 670. The molecule has 1 aliphatic rings. The highest BCUT2D eigenvalue weighted by molar-refractivity contribution is 5.91. The average Bonchev–Trinajstić information content (AvgIpc) is 2.85. The number of carbonyl (C=O) groups is 2. The maximum Gasteiger partial charge on any atom is 0.244 e. The standard InChI is InChI=1S/C21H30N2O4/c1-16(2)27-18-10-8-17(15-19(18)26-3)9-11-20(24)22-12-14-23-13-6-4-5-7-21(23)25/h8-11,15-16H,4-7,12-14H2,1-3H3,(H,22,24)/b11-9+. The maximum absolute atomic E-state index is 12.0. The minimum absolute atomic E-state index is 0.0575. The fourth-order valence-corrected chi connectivity index (χ4v) is 2.96. The zero-order chi connectivity index (χ0) is 19.6. The Balaban J connectivity index is 1.84. The van der Waals surface area contributed by atoms with E-state index in [1.165, 1.54) is 6.08 Å². The van der Waals surface area contributed by atoms with Crippen molar-refractivity contribution in [1.29, 1.82) is 0 Å². The predicted octanol–water partition coefficient (Wildman–Crippen LogP) is 3.01. The summed E-state index contributed by atoms with van der Waals surface area (Å²) in [5.41, 5.74) is 0.848. The van der Waals surface area contributed by atoms with E-state index in [1.54, 1.807) is 13.2 Å². The first-order chi connectivity index (χ1) is 13.0. The van der Waals surface area contributed by atoms with Crippen molar-refractivity contribution in [3.05, 3.63) is 29.8 Å². The Morgan fingerprint density at radius 1 is 1.26 bits per heavy atom. The summed E-state index contributed by atoms with van der Waals surface area (Å²) in [4.78, 5) is 25.8. The second kappa shape index (κ2) is 10.6. The second-order valence-corrected chi connectivity index (χ2v) is 6.89. The number of nitrogens with zero attached hydrogens (tertiary/aromatic N) is 1. The molecule has 1 aromatic carbocycles. The van der Waals surface area contributed by atoms with Crippen LogP contribution in [0.2, 0.25) is 0 Å². The van der Waals surface area contributed by atoms with Gasteiger partial charge in [-0.15, -0.1) is 0 Å². The molecule has 1 N–H and O–H groups in total. The Morgan fingerprint density at radius 2 is 2.07 bits per heavy atom. The zero-order valence-corrected chi connectivity index (χ0v) is 16.5. The van der Waals surface area contributed by atoms with Crippen LogP contribution in [-0.4, -0.2) is 49.6 Å². The van der Waals surface area contributed by atoms with Gasteiger partial charge in [-0.1, -0.05) is 12.5 Å². The van der Waals surface area contributed by atoms with Crippen molar-refractivity contribution >= 4 is 17.9 Å². The Hall–Kier alpha value is -2.50. The van der Waals surface area contributed by atoms with Crippen LogP contribution in [0.4, 0.5) is 0 Å². The molecule has 0 radical (unpaired) electrons. The molecule has 1 fully saturated rings. The molecule has 0 spiro atoms. The molecule has 1 heterocycles. The van der Waals surface area contributed by atoms with Gasteiger partial charge < -0.3 is 19.7 Å². The lowest BCUT2D eigenvalue weighted by molar-refractivity contribution is -0.131. The van der Waals surface area contributed by atoms with E-state index in [0.29, 0.717) is 31.0 Å². The third kappa shape index (κ3) is 6.96. The van der Waals surface area contributed by atoms with Crippen molar-refractivity contribution < 1.29 is 19.1 Å². The predicted molar refractivity (Wildman–Crippen MR) is 106 cm³/mol. The molecule has 27 heavy (non-hydrogen) atoms. The van der Waals surface area contributed by atoms with Crippen LogP contribution < -0.4 is 14.8 Å². The van der Waals surface area contributed by atoms with Gasteiger partial charge in [0.05, 0.1) is 13.2 Å². The third-order valence-electron chi connectivity index (χ3n) is 4.33. The summed E-state index contributed by atoms with van der Waals surface area (Å²) < 4.78 is 11.0. The van der Waals surface area contributed by atoms with Crippen LogP contribution in [0.3, 0.4) is 0 Å². The number of ether oxygens (including phenoxy) is 2. The van der Waals surface area contributed by atoms with Crippen LogP contribution in [0.5, 0.6) is 11.5 Å². The number of nitrogens with one attached hydrogen (secondary N) is 1. The van der Waals surface area contributed by atoms with E-state index in [9.17, 15) is 9.59 Å². The fourth-order valence-electron chi connectivity index (χ4n) is 2.96. The van der Waals surface area contributed by atoms with Crippen LogP contribution in [0.15, 0.2) is 24.3 Å². The lowest BCUT2D eigenvalue weighted by Gasteiger charge is -2.20. The number of benzene rings is 1. The molecular weight excluding hydrogens is 344 g/mol. The number of hydrogen-bond donors (Lipinski definition) is 1. The number of rotatable bonds is 8. The molecular formula is C21H30N2O4. The van der Waals surface area contributed by atoms with Crippen LogP contribution in [0.1, 0.15) is 45.1 Å².